The third-order valence-corrected chi connectivity index (χ3v) is 3.10. The van der Waals surface area contributed by atoms with E-state index in [9.17, 15) is 0 Å². The molecule has 0 amide bonds. The number of aromatic nitrogens is 2. The van der Waals surface area contributed by atoms with Crippen molar-refractivity contribution < 1.29 is 4.74 Å². The lowest BCUT2D eigenvalue weighted by atomic mass is 10.2. The molecule has 1 aliphatic rings. The minimum absolute atomic E-state index is 0.620. The van der Waals surface area contributed by atoms with Gasteiger partial charge in [0.15, 0.2) is 0 Å². The number of rotatable bonds is 3. The van der Waals surface area contributed by atoms with Gasteiger partial charge in [-0.05, 0) is 24.6 Å². The molecule has 2 aromatic rings. The van der Waals surface area contributed by atoms with Gasteiger partial charge in [0.05, 0.1) is 12.8 Å². The molecule has 0 aliphatic carbocycles. The number of anilines is 2. The summed E-state index contributed by atoms with van der Waals surface area (Å²) in [7, 11) is 1.66. The molecule has 2 N–H and O–H groups in total. The summed E-state index contributed by atoms with van der Waals surface area (Å²) in [5.74, 6) is 1.44. The number of fused-ring (bicyclic) bond motifs is 1. The van der Waals surface area contributed by atoms with E-state index in [1.165, 1.54) is 5.56 Å². The number of hydrogen-bond acceptors (Lipinski definition) is 5. The average Bonchev–Trinajstić information content (AvgIpc) is 2.85. The fourth-order valence-corrected chi connectivity index (χ4v) is 2.19. The molecule has 5 nitrogen and oxygen atoms in total. The highest BCUT2D eigenvalue weighted by Gasteiger charge is 2.12. The molecule has 0 unspecified atom stereocenters. The van der Waals surface area contributed by atoms with Crippen molar-refractivity contribution in [3.8, 4) is 5.75 Å². The van der Waals surface area contributed by atoms with E-state index < -0.39 is 0 Å². The summed E-state index contributed by atoms with van der Waals surface area (Å²) >= 11 is 0. The van der Waals surface area contributed by atoms with Crippen LogP contribution in [0.4, 0.5) is 11.6 Å². The maximum absolute atomic E-state index is 5.26. The Bertz CT molecular complexity index is 612. The molecule has 1 aromatic carbocycles. The lowest BCUT2D eigenvalue weighted by Gasteiger charge is -2.09. The van der Waals surface area contributed by atoms with Crippen molar-refractivity contribution in [3.05, 3.63) is 41.2 Å². The summed E-state index contributed by atoms with van der Waals surface area (Å²) in [5, 5.41) is 6.48. The van der Waals surface area contributed by atoms with E-state index in [1.807, 2.05) is 31.3 Å². The van der Waals surface area contributed by atoms with Crippen LogP contribution in [0.2, 0.25) is 0 Å². The van der Waals surface area contributed by atoms with Crippen LogP contribution >= 0.6 is 0 Å². The van der Waals surface area contributed by atoms with Crippen LogP contribution in [0.25, 0.3) is 0 Å². The molecule has 0 saturated carbocycles. The van der Waals surface area contributed by atoms with Crippen molar-refractivity contribution in [1.82, 2.24) is 15.3 Å². The first kappa shape index (κ1) is 11.9. The van der Waals surface area contributed by atoms with Crippen LogP contribution < -0.4 is 15.4 Å². The molecule has 98 valence electrons. The number of ether oxygens (including phenoxy) is 1. The molecule has 0 radical (unpaired) electrons. The summed E-state index contributed by atoms with van der Waals surface area (Å²) in [5.41, 5.74) is 4.30. The molecule has 2 heterocycles. The molecule has 0 fully saturated rings. The Morgan fingerprint density at radius 2 is 2.16 bits per heavy atom. The monoisotopic (exact) mass is 256 g/mol. The lowest BCUT2D eigenvalue weighted by molar-refractivity contribution is 0.414. The molecular weight excluding hydrogens is 240 g/mol. The van der Waals surface area contributed by atoms with Crippen molar-refractivity contribution in [2.45, 2.75) is 20.0 Å². The predicted molar refractivity (Wildman–Crippen MR) is 73.6 cm³/mol. The Balaban J connectivity index is 1.86. The molecule has 0 bridgehead atoms. The van der Waals surface area contributed by atoms with Crippen LogP contribution in [0.3, 0.4) is 0 Å². The van der Waals surface area contributed by atoms with Gasteiger partial charge in [0.1, 0.15) is 5.75 Å². The van der Waals surface area contributed by atoms with Crippen molar-refractivity contribution in [2.24, 2.45) is 0 Å². The second-order valence-electron chi connectivity index (χ2n) is 4.63. The highest BCUT2D eigenvalue weighted by molar-refractivity contribution is 5.57. The van der Waals surface area contributed by atoms with Gasteiger partial charge in [-0.25, -0.2) is 9.97 Å². The van der Waals surface area contributed by atoms with E-state index in [0.717, 1.165) is 35.8 Å². The largest absolute Gasteiger partial charge is 0.497 e. The molecule has 5 heteroatoms. The van der Waals surface area contributed by atoms with Crippen LogP contribution in [-0.4, -0.2) is 17.1 Å². The zero-order valence-electron chi connectivity index (χ0n) is 11.0. The SMILES string of the molecule is COc1cc(C)cc(Nc2ncc3c(n2)CNC3)c1. The van der Waals surface area contributed by atoms with Crippen LogP contribution in [-0.2, 0) is 13.1 Å². The van der Waals surface area contributed by atoms with Crippen molar-refractivity contribution in [1.29, 1.82) is 0 Å². The van der Waals surface area contributed by atoms with Crippen LogP contribution in [0.5, 0.6) is 5.75 Å². The maximum atomic E-state index is 5.26. The lowest BCUT2D eigenvalue weighted by Crippen LogP contribution is -2.02. The Labute approximate surface area is 112 Å². The van der Waals surface area contributed by atoms with Gasteiger partial charge in [0.25, 0.3) is 0 Å². The summed E-state index contributed by atoms with van der Waals surface area (Å²) in [6, 6.07) is 5.96. The molecule has 3 rings (SSSR count). The second-order valence-corrected chi connectivity index (χ2v) is 4.63. The smallest absolute Gasteiger partial charge is 0.227 e. The fourth-order valence-electron chi connectivity index (χ4n) is 2.19. The number of nitrogens with one attached hydrogen (secondary N) is 2. The van der Waals surface area contributed by atoms with Gasteiger partial charge in [0.2, 0.25) is 5.95 Å². The third-order valence-electron chi connectivity index (χ3n) is 3.10. The topological polar surface area (TPSA) is 59.1 Å². The van der Waals surface area contributed by atoms with E-state index in [2.05, 4.69) is 20.6 Å². The average molecular weight is 256 g/mol. The van der Waals surface area contributed by atoms with Crippen molar-refractivity contribution in [3.63, 3.8) is 0 Å². The van der Waals surface area contributed by atoms with E-state index in [1.54, 1.807) is 7.11 Å². The summed E-state index contributed by atoms with van der Waals surface area (Å²) in [4.78, 5) is 8.84. The molecule has 1 aromatic heterocycles. The molecule has 0 spiro atoms. The molecule has 1 aliphatic heterocycles. The van der Waals surface area contributed by atoms with E-state index in [0.29, 0.717) is 5.95 Å². The number of aryl methyl sites for hydroxylation is 1. The first-order chi connectivity index (χ1) is 9.24. The Morgan fingerprint density at radius 3 is 3.00 bits per heavy atom. The zero-order chi connectivity index (χ0) is 13.2. The van der Waals surface area contributed by atoms with Gasteiger partial charge in [0, 0.05) is 36.6 Å². The quantitative estimate of drug-likeness (QED) is 0.881. The Kier molecular flexibility index (Phi) is 3.05. The number of methoxy groups -OCH3 is 1. The number of nitrogens with zero attached hydrogens (tertiary/aromatic N) is 2. The number of hydrogen-bond donors (Lipinski definition) is 2. The highest BCUT2D eigenvalue weighted by atomic mass is 16.5. The Morgan fingerprint density at radius 1 is 1.26 bits per heavy atom. The third kappa shape index (κ3) is 2.51. The van der Waals surface area contributed by atoms with Crippen LogP contribution in [0.1, 0.15) is 16.8 Å². The van der Waals surface area contributed by atoms with Gasteiger partial charge in [-0.2, -0.15) is 0 Å². The summed E-state index contributed by atoms with van der Waals surface area (Å²) in [6.45, 7) is 3.69. The van der Waals surface area contributed by atoms with Gasteiger partial charge >= 0.3 is 0 Å². The summed E-state index contributed by atoms with van der Waals surface area (Å²) in [6.07, 6.45) is 1.87. The predicted octanol–water partition coefficient (Wildman–Crippen LogP) is 2.14. The number of benzene rings is 1. The van der Waals surface area contributed by atoms with E-state index in [4.69, 9.17) is 4.74 Å². The van der Waals surface area contributed by atoms with Gasteiger partial charge in [-0.3, -0.25) is 0 Å². The molecule has 0 atom stereocenters. The Hall–Kier alpha value is -2.14. The normalized spacial score (nSPS) is 13.2. The zero-order valence-corrected chi connectivity index (χ0v) is 11.0. The van der Waals surface area contributed by atoms with Crippen LogP contribution in [0.15, 0.2) is 24.4 Å². The standard InChI is InChI=1S/C14H16N4O/c1-9-3-11(5-12(4-9)19-2)17-14-16-7-10-6-15-8-13(10)18-14/h3-5,7,15H,6,8H2,1-2H3,(H,16,17,18). The van der Waals surface area contributed by atoms with Crippen molar-refractivity contribution >= 4 is 11.6 Å². The minimum Gasteiger partial charge on any atom is -0.497 e. The molecule has 0 saturated heterocycles. The second kappa shape index (κ2) is 4.85. The van der Waals surface area contributed by atoms with Gasteiger partial charge in [-0.15, -0.1) is 0 Å². The minimum atomic E-state index is 0.620. The van der Waals surface area contributed by atoms with Gasteiger partial charge < -0.3 is 15.4 Å². The van der Waals surface area contributed by atoms with Gasteiger partial charge in [-0.1, -0.05) is 0 Å². The molecule has 19 heavy (non-hydrogen) atoms. The van der Waals surface area contributed by atoms with E-state index in [-0.39, 0.29) is 0 Å². The highest BCUT2D eigenvalue weighted by Crippen LogP contribution is 2.23. The molecular formula is C14H16N4O. The van der Waals surface area contributed by atoms with Crippen LogP contribution in [0, 0.1) is 6.92 Å². The van der Waals surface area contributed by atoms with E-state index >= 15 is 0 Å². The summed E-state index contributed by atoms with van der Waals surface area (Å²) < 4.78 is 5.26. The fraction of sp³-hybridized carbons (Fsp3) is 0.286. The first-order valence-electron chi connectivity index (χ1n) is 6.23. The first-order valence-corrected chi connectivity index (χ1v) is 6.23. The van der Waals surface area contributed by atoms with Crippen molar-refractivity contribution in [2.75, 3.05) is 12.4 Å². The maximum Gasteiger partial charge on any atom is 0.227 e.